The molecule has 0 radical (unpaired) electrons. The fraction of sp³-hybridized carbons (Fsp3) is 0.900. The maximum atomic E-state index is 11.1. The van der Waals surface area contributed by atoms with E-state index in [0.29, 0.717) is 17.8 Å². The second kappa shape index (κ2) is 3.52. The van der Waals surface area contributed by atoms with Gasteiger partial charge in [-0.2, -0.15) is 12.6 Å². The van der Waals surface area contributed by atoms with Crippen molar-refractivity contribution in [1.82, 2.24) is 0 Å². The van der Waals surface area contributed by atoms with E-state index in [1.54, 1.807) is 0 Å². The normalized spacial score (nSPS) is 43.5. The van der Waals surface area contributed by atoms with Gasteiger partial charge in [-0.3, -0.25) is 4.79 Å². The van der Waals surface area contributed by atoms with Crippen LogP contribution in [0, 0.1) is 23.7 Å². The van der Waals surface area contributed by atoms with Gasteiger partial charge in [0.05, 0.1) is 5.92 Å². The first kappa shape index (κ1) is 9.38. The molecular weight excluding hydrogens is 184 g/mol. The molecule has 0 aromatic heterocycles. The minimum absolute atomic E-state index is 0.0926. The zero-order valence-electron chi connectivity index (χ0n) is 7.65. The molecule has 0 aromatic carbocycles. The Morgan fingerprint density at radius 1 is 1.23 bits per heavy atom. The summed E-state index contributed by atoms with van der Waals surface area (Å²) in [5, 5.41) is 9.13. The summed E-state index contributed by atoms with van der Waals surface area (Å²) in [4.78, 5) is 11.1. The number of carboxylic acid groups (broad SMARTS) is 1. The van der Waals surface area contributed by atoms with Gasteiger partial charge in [-0.05, 0) is 49.2 Å². The molecular formula is C10H16O2S. The van der Waals surface area contributed by atoms with E-state index in [2.05, 4.69) is 12.6 Å². The van der Waals surface area contributed by atoms with Crippen LogP contribution in [0.25, 0.3) is 0 Å². The number of hydrogen-bond donors (Lipinski definition) is 2. The Kier molecular flexibility index (Phi) is 2.54. The highest BCUT2D eigenvalue weighted by atomic mass is 32.1. The third-order valence-electron chi connectivity index (χ3n) is 3.89. The van der Waals surface area contributed by atoms with Gasteiger partial charge in [-0.25, -0.2) is 0 Å². The first-order valence-corrected chi connectivity index (χ1v) is 5.71. The Morgan fingerprint density at radius 2 is 1.77 bits per heavy atom. The molecule has 0 aliphatic heterocycles. The van der Waals surface area contributed by atoms with Crippen molar-refractivity contribution in [1.29, 1.82) is 0 Å². The summed E-state index contributed by atoms with van der Waals surface area (Å²) >= 11 is 4.29. The quantitative estimate of drug-likeness (QED) is 0.669. The largest absolute Gasteiger partial charge is 0.481 e. The van der Waals surface area contributed by atoms with Gasteiger partial charge in [0.2, 0.25) is 0 Å². The van der Waals surface area contributed by atoms with Crippen LogP contribution in [0.3, 0.4) is 0 Å². The third kappa shape index (κ3) is 1.47. The summed E-state index contributed by atoms with van der Waals surface area (Å²) in [5.74, 6) is 1.49. The molecule has 2 nitrogen and oxygen atoms in total. The number of rotatable bonds is 2. The van der Waals surface area contributed by atoms with Gasteiger partial charge in [0, 0.05) is 0 Å². The summed E-state index contributed by atoms with van der Waals surface area (Å²) in [6, 6.07) is 0. The van der Waals surface area contributed by atoms with Crippen LogP contribution in [0.1, 0.15) is 25.7 Å². The van der Waals surface area contributed by atoms with Gasteiger partial charge in [0.15, 0.2) is 0 Å². The zero-order valence-corrected chi connectivity index (χ0v) is 8.54. The molecule has 3 fully saturated rings. The lowest BCUT2D eigenvalue weighted by Crippen LogP contribution is -2.44. The predicted molar refractivity (Wildman–Crippen MR) is 53.9 cm³/mol. The monoisotopic (exact) mass is 200 g/mol. The fourth-order valence-corrected chi connectivity index (χ4v) is 3.75. The Balaban J connectivity index is 2.18. The summed E-state index contributed by atoms with van der Waals surface area (Å²) in [6.07, 6.45) is 4.73. The Hall–Kier alpha value is -0.180. The second-order valence-corrected chi connectivity index (χ2v) is 4.75. The lowest BCUT2D eigenvalue weighted by molar-refractivity contribution is -0.151. The molecule has 1 N–H and O–H groups in total. The van der Waals surface area contributed by atoms with Gasteiger partial charge in [-0.15, -0.1) is 0 Å². The highest BCUT2D eigenvalue weighted by Gasteiger charge is 2.46. The fourth-order valence-electron chi connectivity index (χ4n) is 3.22. The number of carbonyl (C=O) groups is 1. The van der Waals surface area contributed by atoms with Crippen molar-refractivity contribution in [3.63, 3.8) is 0 Å². The third-order valence-corrected chi connectivity index (χ3v) is 4.31. The van der Waals surface area contributed by atoms with Crippen molar-refractivity contribution in [2.24, 2.45) is 23.7 Å². The minimum Gasteiger partial charge on any atom is -0.481 e. The van der Waals surface area contributed by atoms with Crippen molar-refractivity contribution in [3.05, 3.63) is 0 Å². The van der Waals surface area contributed by atoms with Crippen LogP contribution >= 0.6 is 12.6 Å². The van der Waals surface area contributed by atoms with Crippen molar-refractivity contribution < 1.29 is 9.90 Å². The molecule has 0 spiro atoms. The molecule has 3 aliphatic rings. The van der Waals surface area contributed by atoms with E-state index < -0.39 is 5.97 Å². The standard InChI is InChI=1S/C10H16O2S/c11-10(12)9-7-3-1-6(2-4-7)8(9)5-13/h6-9,13H,1-5H2,(H,11,12). The molecule has 3 rings (SSSR count). The highest BCUT2D eigenvalue weighted by molar-refractivity contribution is 7.80. The molecule has 0 heterocycles. The second-order valence-electron chi connectivity index (χ2n) is 4.39. The lowest BCUT2D eigenvalue weighted by Gasteiger charge is -2.46. The summed E-state index contributed by atoms with van der Waals surface area (Å²) in [5.41, 5.74) is 0. The molecule has 2 unspecified atom stereocenters. The topological polar surface area (TPSA) is 37.3 Å². The molecule has 2 atom stereocenters. The molecule has 3 saturated carbocycles. The van der Waals surface area contributed by atoms with E-state index in [4.69, 9.17) is 5.11 Å². The van der Waals surface area contributed by atoms with Crippen molar-refractivity contribution in [2.75, 3.05) is 5.75 Å². The van der Waals surface area contributed by atoms with Gasteiger partial charge < -0.3 is 5.11 Å². The maximum absolute atomic E-state index is 11.1. The first-order valence-electron chi connectivity index (χ1n) is 5.07. The van der Waals surface area contributed by atoms with Crippen LogP contribution in [-0.4, -0.2) is 16.8 Å². The number of thiol groups is 1. The molecule has 2 bridgehead atoms. The maximum Gasteiger partial charge on any atom is 0.307 e. The molecule has 0 aromatic rings. The number of fused-ring (bicyclic) bond motifs is 3. The minimum atomic E-state index is -0.589. The summed E-state index contributed by atoms with van der Waals surface area (Å²) in [7, 11) is 0. The van der Waals surface area contributed by atoms with Gasteiger partial charge >= 0.3 is 5.97 Å². The van der Waals surface area contributed by atoms with Crippen molar-refractivity contribution >= 4 is 18.6 Å². The highest BCUT2D eigenvalue weighted by Crippen LogP contribution is 2.49. The smallest absolute Gasteiger partial charge is 0.307 e. The Morgan fingerprint density at radius 3 is 2.15 bits per heavy atom. The number of aliphatic carboxylic acids is 1. The van der Waals surface area contributed by atoms with Gasteiger partial charge in [0.25, 0.3) is 0 Å². The van der Waals surface area contributed by atoms with Crippen LogP contribution in [-0.2, 0) is 4.79 Å². The molecule has 3 heteroatoms. The zero-order chi connectivity index (χ0) is 9.42. The first-order chi connectivity index (χ1) is 6.24. The van der Waals surface area contributed by atoms with E-state index in [9.17, 15) is 4.79 Å². The van der Waals surface area contributed by atoms with Crippen molar-refractivity contribution in [2.45, 2.75) is 25.7 Å². The predicted octanol–water partition coefficient (Wildman–Crippen LogP) is 2.05. The lowest BCUT2D eigenvalue weighted by atomic mass is 9.59. The van der Waals surface area contributed by atoms with E-state index in [1.165, 1.54) is 12.8 Å². The average Bonchev–Trinajstić information content (AvgIpc) is 2.17. The van der Waals surface area contributed by atoms with Gasteiger partial charge in [0.1, 0.15) is 0 Å². The molecule has 3 aliphatic carbocycles. The Bertz CT molecular complexity index is 209. The van der Waals surface area contributed by atoms with Crippen LogP contribution < -0.4 is 0 Å². The van der Waals surface area contributed by atoms with E-state index in [1.807, 2.05) is 0 Å². The summed E-state index contributed by atoms with van der Waals surface area (Å²) < 4.78 is 0. The van der Waals surface area contributed by atoms with E-state index in [-0.39, 0.29) is 5.92 Å². The number of hydrogen-bond acceptors (Lipinski definition) is 2. The van der Waals surface area contributed by atoms with E-state index in [0.717, 1.165) is 18.6 Å². The number of carboxylic acids is 1. The SMILES string of the molecule is O=C(O)C1C2CCC(CC2)C1CS. The van der Waals surface area contributed by atoms with Crippen molar-refractivity contribution in [3.8, 4) is 0 Å². The van der Waals surface area contributed by atoms with Crippen LogP contribution in [0.4, 0.5) is 0 Å². The molecule has 13 heavy (non-hydrogen) atoms. The molecule has 0 saturated heterocycles. The Labute approximate surface area is 84.1 Å². The van der Waals surface area contributed by atoms with Crippen LogP contribution in [0.15, 0.2) is 0 Å². The van der Waals surface area contributed by atoms with Gasteiger partial charge in [-0.1, -0.05) is 0 Å². The van der Waals surface area contributed by atoms with Crippen LogP contribution in [0.5, 0.6) is 0 Å². The summed E-state index contributed by atoms with van der Waals surface area (Å²) in [6.45, 7) is 0. The molecule has 74 valence electrons. The van der Waals surface area contributed by atoms with E-state index >= 15 is 0 Å². The van der Waals surface area contributed by atoms with Crippen LogP contribution in [0.2, 0.25) is 0 Å². The average molecular weight is 200 g/mol. The molecule has 0 amide bonds.